The molecule has 3 aromatic carbocycles. The van der Waals surface area contributed by atoms with E-state index in [2.05, 4.69) is 4.90 Å². The minimum atomic E-state index is -4.10. The topological polar surface area (TPSA) is 110 Å². The Hall–Kier alpha value is -4.51. The van der Waals surface area contributed by atoms with Gasteiger partial charge in [0, 0.05) is 43.7 Å². The molecule has 0 N–H and O–H groups in total. The van der Waals surface area contributed by atoms with Gasteiger partial charge in [-0.25, -0.2) is 18.0 Å². The van der Waals surface area contributed by atoms with E-state index in [1.807, 2.05) is 75.4 Å². The van der Waals surface area contributed by atoms with Gasteiger partial charge in [-0.15, -0.1) is 0 Å². The smallest absolute Gasteiger partial charge is 0.410 e. The predicted octanol–water partition coefficient (Wildman–Crippen LogP) is 6.41. The first-order chi connectivity index (χ1) is 21.9. The number of ether oxygens (including phenoxy) is 2. The lowest BCUT2D eigenvalue weighted by Gasteiger charge is -2.38. The molecule has 11 heteroatoms. The Labute approximate surface area is 270 Å². The molecule has 0 bridgehead atoms. The molecule has 0 aliphatic carbocycles. The van der Waals surface area contributed by atoms with Crippen LogP contribution in [0.4, 0.5) is 16.2 Å². The molecular weight excluding hydrogens is 606 g/mol. The summed E-state index contributed by atoms with van der Waals surface area (Å²) in [6, 6.07) is 21.8. The molecule has 0 atom stereocenters. The molecular formula is C35H41N3O7S. The number of sulfonamides is 1. The molecule has 46 heavy (non-hydrogen) atoms. The summed E-state index contributed by atoms with van der Waals surface area (Å²) in [5.41, 5.74) is 2.63. The molecule has 5 rings (SSSR count). The SMILES string of the molecule is CCOC(=O)c1oc2ccc(S(=O)(=O)N(CCc3ccccc3)c3ccccc3N3CCN(C(=O)OC(C)(C)C)CC3)cc2c1C. The van der Waals surface area contributed by atoms with Crippen molar-refractivity contribution in [3.8, 4) is 0 Å². The Balaban J connectivity index is 1.50. The molecule has 1 aliphatic rings. The average Bonchev–Trinajstić information content (AvgIpc) is 3.37. The lowest BCUT2D eigenvalue weighted by atomic mass is 10.1. The maximum atomic E-state index is 14.6. The van der Waals surface area contributed by atoms with Gasteiger partial charge in [-0.1, -0.05) is 42.5 Å². The van der Waals surface area contributed by atoms with Crippen LogP contribution < -0.4 is 9.21 Å². The highest BCUT2D eigenvalue weighted by atomic mass is 32.2. The number of hydrogen-bond donors (Lipinski definition) is 0. The first-order valence-electron chi connectivity index (χ1n) is 15.5. The number of fused-ring (bicyclic) bond motifs is 1. The summed E-state index contributed by atoms with van der Waals surface area (Å²) < 4.78 is 47.1. The summed E-state index contributed by atoms with van der Waals surface area (Å²) in [5.74, 6) is -0.533. The largest absolute Gasteiger partial charge is 0.460 e. The third kappa shape index (κ3) is 7.14. The normalized spacial score (nSPS) is 13.9. The number of esters is 1. The van der Waals surface area contributed by atoms with Crippen LogP contribution in [-0.4, -0.2) is 70.3 Å². The lowest BCUT2D eigenvalue weighted by molar-refractivity contribution is 0.0240. The Kier molecular flexibility index (Phi) is 9.62. The maximum Gasteiger partial charge on any atom is 0.410 e. The number of anilines is 2. The highest BCUT2D eigenvalue weighted by Crippen LogP contribution is 2.36. The summed E-state index contributed by atoms with van der Waals surface area (Å²) in [5, 5.41) is 0.527. The van der Waals surface area contributed by atoms with Crippen LogP contribution in [0.1, 0.15) is 49.4 Å². The number of rotatable bonds is 9. The van der Waals surface area contributed by atoms with Gasteiger partial charge in [0.2, 0.25) is 5.76 Å². The second-order valence-corrected chi connectivity index (χ2v) is 14.1. The third-order valence-electron chi connectivity index (χ3n) is 7.83. The van der Waals surface area contributed by atoms with Gasteiger partial charge in [-0.3, -0.25) is 4.31 Å². The Morgan fingerprint density at radius 2 is 1.61 bits per heavy atom. The second kappa shape index (κ2) is 13.5. The van der Waals surface area contributed by atoms with Crippen LogP contribution in [0, 0.1) is 6.92 Å². The molecule has 1 saturated heterocycles. The van der Waals surface area contributed by atoms with Crippen molar-refractivity contribution in [2.24, 2.45) is 0 Å². The zero-order valence-electron chi connectivity index (χ0n) is 27.0. The van der Waals surface area contributed by atoms with Crippen LogP contribution in [0.15, 0.2) is 82.1 Å². The van der Waals surface area contributed by atoms with Crippen molar-refractivity contribution in [1.82, 2.24) is 4.90 Å². The molecule has 0 spiro atoms. The van der Waals surface area contributed by atoms with E-state index in [0.29, 0.717) is 54.8 Å². The summed E-state index contributed by atoms with van der Waals surface area (Å²) in [6.45, 7) is 11.2. The monoisotopic (exact) mass is 647 g/mol. The molecule has 0 saturated carbocycles. The van der Waals surface area contributed by atoms with Crippen LogP contribution in [0.25, 0.3) is 11.0 Å². The van der Waals surface area contributed by atoms with E-state index < -0.39 is 21.6 Å². The summed E-state index contributed by atoms with van der Waals surface area (Å²) in [7, 11) is -4.10. The first-order valence-corrected chi connectivity index (χ1v) is 16.9. The number of carbonyl (C=O) groups excluding carboxylic acids is 2. The summed E-state index contributed by atoms with van der Waals surface area (Å²) in [6.07, 6.45) is 0.129. The van der Waals surface area contributed by atoms with Crippen molar-refractivity contribution in [2.45, 2.75) is 51.5 Å². The van der Waals surface area contributed by atoms with Gasteiger partial charge in [-0.2, -0.15) is 0 Å². The van der Waals surface area contributed by atoms with Crippen molar-refractivity contribution in [1.29, 1.82) is 0 Å². The molecule has 0 radical (unpaired) electrons. The third-order valence-corrected chi connectivity index (χ3v) is 9.63. The maximum absolute atomic E-state index is 14.6. The fourth-order valence-electron chi connectivity index (χ4n) is 5.52. The van der Waals surface area contributed by atoms with E-state index >= 15 is 0 Å². The minimum absolute atomic E-state index is 0.0585. The number of aryl methyl sites for hydroxylation is 1. The van der Waals surface area contributed by atoms with Gasteiger partial charge in [0.15, 0.2) is 0 Å². The fourth-order valence-corrected chi connectivity index (χ4v) is 7.03. The zero-order valence-corrected chi connectivity index (χ0v) is 27.8. The van der Waals surface area contributed by atoms with Gasteiger partial charge in [0.05, 0.1) is 22.9 Å². The quantitative estimate of drug-likeness (QED) is 0.192. The van der Waals surface area contributed by atoms with E-state index in [4.69, 9.17) is 13.9 Å². The number of piperazine rings is 1. The van der Waals surface area contributed by atoms with Crippen LogP contribution >= 0.6 is 0 Å². The van der Waals surface area contributed by atoms with Gasteiger partial charge in [-0.05, 0) is 76.9 Å². The second-order valence-electron chi connectivity index (χ2n) is 12.2. The van der Waals surface area contributed by atoms with Crippen molar-refractivity contribution < 1.29 is 31.9 Å². The highest BCUT2D eigenvalue weighted by molar-refractivity contribution is 7.92. The lowest BCUT2D eigenvalue weighted by Crippen LogP contribution is -2.50. The van der Waals surface area contributed by atoms with Gasteiger partial charge in [0.1, 0.15) is 11.2 Å². The molecule has 4 aromatic rings. The average molecular weight is 648 g/mol. The number of furan rings is 1. The molecule has 244 valence electrons. The Bertz CT molecular complexity index is 1800. The van der Waals surface area contributed by atoms with Gasteiger partial charge < -0.3 is 23.7 Å². The summed E-state index contributed by atoms with van der Waals surface area (Å²) >= 11 is 0. The molecule has 1 aliphatic heterocycles. The van der Waals surface area contributed by atoms with Crippen LogP contribution in [0.2, 0.25) is 0 Å². The van der Waals surface area contributed by atoms with E-state index in [-0.39, 0.29) is 29.9 Å². The van der Waals surface area contributed by atoms with Crippen molar-refractivity contribution >= 4 is 44.4 Å². The standard InChI is InChI=1S/C35H41N3O7S/c1-6-43-33(39)32-25(2)28-24-27(16-17-31(28)44-32)46(41,42)38(19-18-26-12-8-7-9-13-26)30-15-11-10-14-29(30)36-20-22-37(23-21-36)34(40)45-35(3,4)5/h7-17,24H,6,18-23H2,1-5H3. The highest BCUT2D eigenvalue weighted by Gasteiger charge is 2.32. The Morgan fingerprint density at radius 3 is 2.28 bits per heavy atom. The molecule has 1 fully saturated rings. The number of amides is 1. The number of hydrogen-bond acceptors (Lipinski definition) is 8. The van der Waals surface area contributed by atoms with Crippen molar-refractivity contribution in [3.63, 3.8) is 0 Å². The van der Waals surface area contributed by atoms with E-state index in [0.717, 1.165) is 11.3 Å². The fraction of sp³-hybridized carbons (Fsp3) is 0.371. The van der Waals surface area contributed by atoms with E-state index in [9.17, 15) is 18.0 Å². The molecule has 1 amide bonds. The molecule has 10 nitrogen and oxygen atoms in total. The Morgan fingerprint density at radius 1 is 0.935 bits per heavy atom. The molecule has 1 aromatic heterocycles. The predicted molar refractivity (Wildman–Crippen MR) is 178 cm³/mol. The molecule has 2 heterocycles. The number of benzene rings is 3. The van der Waals surface area contributed by atoms with Crippen molar-refractivity contribution in [2.75, 3.05) is 48.5 Å². The van der Waals surface area contributed by atoms with E-state index in [1.54, 1.807) is 30.9 Å². The van der Waals surface area contributed by atoms with Crippen molar-refractivity contribution in [3.05, 3.63) is 89.7 Å². The van der Waals surface area contributed by atoms with Crippen LogP contribution in [-0.2, 0) is 25.9 Å². The number of nitrogens with zero attached hydrogens (tertiary/aromatic N) is 3. The number of carbonyl (C=O) groups is 2. The van der Waals surface area contributed by atoms with Gasteiger partial charge >= 0.3 is 12.1 Å². The first kappa shape index (κ1) is 32.9. The van der Waals surface area contributed by atoms with Crippen LogP contribution in [0.3, 0.4) is 0 Å². The van der Waals surface area contributed by atoms with Gasteiger partial charge in [0.25, 0.3) is 10.0 Å². The van der Waals surface area contributed by atoms with E-state index in [1.165, 1.54) is 10.4 Å². The van der Waals surface area contributed by atoms with Crippen LogP contribution in [0.5, 0.6) is 0 Å². The zero-order chi connectivity index (χ0) is 33.1. The summed E-state index contributed by atoms with van der Waals surface area (Å²) in [4.78, 5) is 29.0. The number of para-hydroxylation sites is 2. The minimum Gasteiger partial charge on any atom is -0.460 e. The molecule has 0 unspecified atom stereocenters.